The van der Waals surface area contributed by atoms with Gasteiger partial charge in [0.25, 0.3) is 0 Å². The Morgan fingerprint density at radius 2 is 1.75 bits per heavy atom. The molecule has 0 radical (unpaired) electrons. The van der Waals surface area contributed by atoms with Crippen LogP contribution in [0, 0.1) is 0 Å². The van der Waals surface area contributed by atoms with Crippen LogP contribution < -0.4 is 9.47 Å². The number of carbonyl (C=O) groups is 1. The van der Waals surface area contributed by atoms with Gasteiger partial charge in [0.05, 0.1) is 19.1 Å². The van der Waals surface area contributed by atoms with Crippen LogP contribution in [0.15, 0.2) is 35.7 Å². The Kier molecular flexibility index (Phi) is 3.46. The van der Waals surface area contributed by atoms with E-state index in [1.165, 1.54) is 11.3 Å². The van der Waals surface area contributed by atoms with Gasteiger partial charge in [0, 0.05) is 9.40 Å². The van der Waals surface area contributed by atoms with Crippen LogP contribution >= 0.6 is 22.7 Å². The lowest BCUT2D eigenvalue weighted by Crippen LogP contribution is -2.04. The molecule has 20 heavy (non-hydrogen) atoms. The first-order valence-corrected chi connectivity index (χ1v) is 7.67. The summed E-state index contributed by atoms with van der Waals surface area (Å²) in [7, 11) is 3.11. The molecule has 2 heterocycles. The highest BCUT2D eigenvalue weighted by Gasteiger charge is 2.21. The van der Waals surface area contributed by atoms with E-state index in [0.29, 0.717) is 21.9 Å². The number of fused-ring (bicyclic) bond motifs is 1. The first kappa shape index (κ1) is 13.1. The summed E-state index contributed by atoms with van der Waals surface area (Å²) >= 11 is 3.13. The second-order valence-electron chi connectivity index (χ2n) is 4.13. The molecule has 0 bridgehead atoms. The van der Waals surface area contributed by atoms with E-state index in [1.807, 2.05) is 17.5 Å². The molecule has 3 rings (SSSR count). The number of thiophene rings is 2. The summed E-state index contributed by atoms with van der Waals surface area (Å²) in [6.45, 7) is 0. The number of methoxy groups -OCH3 is 2. The van der Waals surface area contributed by atoms with Crippen LogP contribution in [-0.4, -0.2) is 20.0 Å². The summed E-state index contributed by atoms with van der Waals surface area (Å²) in [5.41, 5.74) is 0.478. The molecule has 0 fully saturated rings. The number of ether oxygens (including phenoxy) is 2. The Morgan fingerprint density at radius 1 is 1.05 bits per heavy atom. The molecule has 5 heteroatoms. The monoisotopic (exact) mass is 304 g/mol. The molecule has 3 aromatic rings. The molecule has 0 saturated heterocycles. The van der Waals surface area contributed by atoms with Gasteiger partial charge in [-0.1, -0.05) is 6.07 Å². The molecule has 0 saturated carbocycles. The zero-order chi connectivity index (χ0) is 14.1. The molecule has 0 aliphatic heterocycles. The quantitative estimate of drug-likeness (QED) is 0.677. The second-order valence-corrected chi connectivity index (χ2v) is 6.16. The molecule has 1 aromatic carbocycles. The minimum atomic E-state index is -0.0623. The first-order valence-electron chi connectivity index (χ1n) is 5.97. The van der Waals surface area contributed by atoms with Crippen molar-refractivity contribution < 1.29 is 14.3 Å². The van der Waals surface area contributed by atoms with Gasteiger partial charge in [-0.2, -0.15) is 0 Å². The number of carbonyl (C=O) groups excluding carboxylic acids is 1. The highest BCUT2D eigenvalue weighted by atomic mass is 32.1. The Hall–Kier alpha value is -1.85. The lowest BCUT2D eigenvalue weighted by atomic mass is 10.1. The third-order valence-corrected chi connectivity index (χ3v) is 5.11. The van der Waals surface area contributed by atoms with Crippen molar-refractivity contribution >= 4 is 37.9 Å². The molecule has 3 nitrogen and oxygen atoms in total. The summed E-state index contributed by atoms with van der Waals surface area (Å²) in [5.74, 6) is 1.00. The summed E-state index contributed by atoms with van der Waals surface area (Å²) < 4.78 is 12.8. The normalized spacial score (nSPS) is 10.7. The SMILES string of the molecule is COc1cccc(OC)c1C(=O)c1cc2sccc2s1. The zero-order valence-corrected chi connectivity index (χ0v) is 12.6. The van der Waals surface area contributed by atoms with Crippen molar-refractivity contribution in [2.45, 2.75) is 0 Å². The van der Waals surface area contributed by atoms with E-state index in [4.69, 9.17) is 9.47 Å². The van der Waals surface area contributed by atoms with E-state index in [9.17, 15) is 4.79 Å². The minimum absolute atomic E-state index is 0.0623. The minimum Gasteiger partial charge on any atom is -0.496 e. The summed E-state index contributed by atoms with van der Waals surface area (Å²) in [5, 5.41) is 2.03. The van der Waals surface area contributed by atoms with Gasteiger partial charge in [0.15, 0.2) is 0 Å². The van der Waals surface area contributed by atoms with Gasteiger partial charge >= 0.3 is 0 Å². The van der Waals surface area contributed by atoms with Crippen LogP contribution in [0.5, 0.6) is 11.5 Å². The third kappa shape index (κ3) is 2.09. The van der Waals surface area contributed by atoms with E-state index in [-0.39, 0.29) is 5.78 Å². The molecule has 102 valence electrons. The number of ketones is 1. The van der Waals surface area contributed by atoms with Crippen molar-refractivity contribution in [3.8, 4) is 11.5 Å². The summed E-state index contributed by atoms with van der Waals surface area (Å²) in [6, 6.07) is 9.30. The zero-order valence-electron chi connectivity index (χ0n) is 11.0. The Labute approximate surface area is 124 Å². The first-order chi connectivity index (χ1) is 9.74. The van der Waals surface area contributed by atoms with Crippen molar-refractivity contribution in [3.05, 3.63) is 46.2 Å². The van der Waals surface area contributed by atoms with Crippen LogP contribution in [0.25, 0.3) is 9.40 Å². The topological polar surface area (TPSA) is 35.5 Å². The van der Waals surface area contributed by atoms with Crippen molar-refractivity contribution in [2.24, 2.45) is 0 Å². The fraction of sp³-hybridized carbons (Fsp3) is 0.133. The third-order valence-electron chi connectivity index (χ3n) is 3.02. The predicted molar refractivity (Wildman–Crippen MR) is 82.7 cm³/mol. The Balaban J connectivity index is 2.12. The summed E-state index contributed by atoms with van der Waals surface area (Å²) in [4.78, 5) is 13.4. The van der Waals surface area contributed by atoms with Crippen LogP contribution in [0.2, 0.25) is 0 Å². The largest absolute Gasteiger partial charge is 0.496 e. The maximum Gasteiger partial charge on any atom is 0.210 e. The lowest BCUT2D eigenvalue weighted by Gasteiger charge is -2.11. The fourth-order valence-corrected chi connectivity index (χ4v) is 4.13. The van der Waals surface area contributed by atoms with Crippen molar-refractivity contribution in [1.82, 2.24) is 0 Å². The fourth-order valence-electron chi connectivity index (χ4n) is 2.08. The summed E-state index contributed by atoms with van der Waals surface area (Å²) in [6.07, 6.45) is 0. The van der Waals surface area contributed by atoms with Gasteiger partial charge in [0.2, 0.25) is 5.78 Å². The van der Waals surface area contributed by atoms with Crippen LogP contribution in [0.4, 0.5) is 0 Å². The molecule has 0 aliphatic carbocycles. The molecule has 0 atom stereocenters. The van der Waals surface area contributed by atoms with Crippen LogP contribution in [0.3, 0.4) is 0 Å². The predicted octanol–water partition coefficient (Wildman–Crippen LogP) is 4.21. The standard InChI is InChI=1S/C15H12O3S2/c1-17-9-4-3-5-10(18-2)14(9)15(16)13-8-12-11(20-13)6-7-19-12/h3-8H,1-2H3. The van der Waals surface area contributed by atoms with Crippen LogP contribution in [0.1, 0.15) is 15.2 Å². The Bertz CT molecular complexity index is 720. The maximum absolute atomic E-state index is 12.7. The highest BCUT2D eigenvalue weighted by Crippen LogP contribution is 2.35. The van der Waals surface area contributed by atoms with Gasteiger partial charge in [-0.05, 0) is 29.6 Å². The maximum atomic E-state index is 12.7. The molecule has 0 N–H and O–H groups in total. The van der Waals surface area contributed by atoms with E-state index in [1.54, 1.807) is 43.8 Å². The number of benzene rings is 1. The number of hydrogen-bond donors (Lipinski definition) is 0. The van der Waals surface area contributed by atoms with Crippen LogP contribution in [-0.2, 0) is 0 Å². The van der Waals surface area contributed by atoms with Gasteiger partial charge in [0.1, 0.15) is 17.1 Å². The molecular formula is C15H12O3S2. The average molecular weight is 304 g/mol. The number of hydrogen-bond acceptors (Lipinski definition) is 5. The smallest absolute Gasteiger partial charge is 0.210 e. The van der Waals surface area contributed by atoms with Crippen molar-refractivity contribution in [1.29, 1.82) is 0 Å². The van der Waals surface area contributed by atoms with Crippen molar-refractivity contribution in [3.63, 3.8) is 0 Å². The molecule has 0 spiro atoms. The highest BCUT2D eigenvalue weighted by molar-refractivity contribution is 7.28. The molecule has 0 unspecified atom stereocenters. The molecular weight excluding hydrogens is 292 g/mol. The van der Waals surface area contributed by atoms with E-state index in [2.05, 4.69) is 0 Å². The van der Waals surface area contributed by atoms with Gasteiger partial charge < -0.3 is 9.47 Å². The Morgan fingerprint density at radius 3 is 2.35 bits per heavy atom. The van der Waals surface area contributed by atoms with E-state index in [0.717, 1.165) is 9.40 Å². The molecule has 0 amide bonds. The van der Waals surface area contributed by atoms with Gasteiger partial charge in [-0.25, -0.2) is 0 Å². The van der Waals surface area contributed by atoms with E-state index >= 15 is 0 Å². The molecule has 2 aromatic heterocycles. The van der Waals surface area contributed by atoms with Gasteiger partial charge in [-0.3, -0.25) is 4.79 Å². The van der Waals surface area contributed by atoms with Gasteiger partial charge in [-0.15, -0.1) is 22.7 Å². The second kappa shape index (κ2) is 5.26. The molecule has 0 aliphatic rings. The van der Waals surface area contributed by atoms with E-state index < -0.39 is 0 Å². The van der Waals surface area contributed by atoms with Crippen molar-refractivity contribution in [2.75, 3.05) is 14.2 Å². The number of rotatable bonds is 4. The lowest BCUT2D eigenvalue weighted by molar-refractivity contribution is 0.103. The average Bonchev–Trinajstić information content (AvgIpc) is 3.06.